The Bertz CT molecular complexity index is 2410. The standard InChI is InChI=1S/C52H73N9O12/c1-6-7-9-21-41(62)55-37(23-25-43(64)65)47(67)59-45-31(4)73-52(72)44(30(2)3)58-48(68)39(28-33-29-54-35-19-13-12-18-34(33)35)60(5)51(71)40(27-32-16-10-8-11-17-32)61-42(63)24-22-38(50(61)70)57-46(66)36(56-49(45)69)20-14-15-26-53/h8,10-13,16-19,29-31,36-40,42,44-45,54,63H,6-7,9,14-15,20-28,53H2,1-5H3,(H,55,62)(H,56,69)(H,57,66)(H,58,68)(H,59,67)(H,64,65)/t31-,36+,37+,38+,39+,40+,42-,44+,45+/m1/s1. The van der Waals surface area contributed by atoms with Crippen LogP contribution in [-0.2, 0) is 60.7 Å². The van der Waals surface area contributed by atoms with Crippen molar-refractivity contribution < 1.29 is 58.1 Å². The van der Waals surface area contributed by atoms with Crippen LogP contribution in [0.4, 0.5) is 0 Å². The number of carboxylic acid groups (broad SMARTS) is 1. The van der Waals surface area contributed by atoms with Gasteiger partial charge in [0.1, 0.15) is 54.6 Å². The molecule has 0 radical (unpaired) electrons. The number of fused-ring (bicyclic) bond motifs is 3. The Morgan fingerprint density at radius 2 is 1.55 bits per heavy atom. The first-order valence-corrected chi connectivity index (χ1v) is 25.3. The van der Waals surface area contributed by atoms with Gasteiger partial charge in [-0.15, -0.1) is 0 Å². The number of nitrogens with one attached hydrogen (secondary N) is 6. The van der Waals surface area contributed by atoms with Gasteiger partial charge in [0, 0.05) is 49.8 Å². The number of aliphatic hydroxyl groups excluding tert-OH is 1. The molecule has 73 heavy (non-hydrogen) atoms. The number of cyclic esters (lactones) is 1. The topological polar surface area (TPSA) is 312 Å². The number of likely N-dealkylation sites (N-methyl/N-ethyl adjacent to an activating group) is 1. The van der Waals surface area contributed by atoms with Crippen molar-refractivity contribution in [3.05, 3.63) is 71.9 Å². The predicted molar refractivity (Wildman–Crippen MR) is 269 cm³/mol. The van der Waals surface area contributed by atoms with E-state index in [-0.39, 0.29) is 51.5 Å². The Morgan fingerprint density at radius 3 is 2.23 bits per heavy atom. The maximum absolute atomic E-state index is 15.2. The first-order chi connectivity index (χ1) is 34.8. The minimum atomic E-state index is -1.78. The lowest BCUT2D eigenvalue weighted by molar-refractivity contribution is -0.165. The van der Waals surface area contributed by atoms with Gasteiger partial charge in [-0.3, -0.25) is 38.4 Å². The third-order valence-corrected chi connectivity index (χ3v) is 13.5. The Labute approximate surface area is 425 Å². The van der Waals surface area contributed by atoms with Crippen LogP contribution in [0.25, 0.3) is 10.9 Å². The maximum atomic E-state index is 15.2. The number of ether oxygens (including phenoxy) is 1. The van der Waals surface area contributed by atoms with E-state index in [0.717, 1.165) is 28.6 Å². The second kappa shape index (κ2) is 27.3. The number of nitrogens with zero attached hydrogens (tertiary/aromatic N) is 2. The molecule has 2 bridgehead atoms. The molecule has 3 aromatic rings. The number of aromatic nitrogens is 1. The Balaban J connectivity index is 1.62. The van der Waals surface area contributed by atoms with Crippen molar-refractivity contribution in [1.29, 1.82) is 0 Å². The molecule has 9 atom stereocenters. The van der Waals surface area contributed by atoms with Crippen molar-refractivity contribution in [2.45, 2.75) is 166 Å². The summed E-state index contributed by atoms with van der Waals surface area (Å²) in [4.78, 5) is 133. The highest BCUT2D eigenvalue weighted by molar-refractivity contribution is 5.99. The van der Waals surface area contributed by atoms with Gasteiger partial charge in [0.25, 0.3) is 0 Å². The summed E-state index contributed by atoms with van der Waals surface area (Å²) in [6.45, 7) is 6.77. The molecule has 2 aliphatic rings. The number of piperidine rings is 1. The smallest absolute Gasteiger partial charge is 0.329 e. The van der Waals surface area contributed by atoms with Gasteiger partial charge in [0.05, 0.1) is 0 Å². The van der Waals surface area contributed by atoms with Gasteiger partial charge < -0.3 is 62.1 Å². The van der Waals surface area contributed by atoms with E-state index in [1.54, 1.807) is 50.4 Å². The Hall–Kier alpha value is -6.87. The Kier molecular flexibility index (Phi) is 21.3. The number of unbranched alkanes of at least 4 members (excludes halogenated alkanes) is 3. The summed E-state index contributed by atoms with van der Waals surface area (Å²) in [5, 5.41) is 35.2. The highest BCUT2D eigenvalue weighted by Gasteiger charge is 2.46. The fourth-order valence-electron chi connectivity index (χ4n) is 9.20. The average molecular weight is 1020 g/mol. The van der Waals surface area contributed by atoms with E-state index in [2.05, 4.69) is 31.6 Å². The van der Waals surface area contributed by atoms with Crippen LogP contribution in [0.3, 0.4) is 0 Å². The van der Waals surface area contributed by atoms with Crippen LogP contribution in [0.15, 0.2) is 60.8 Å². The SMILES string of the molecule is CCCCCC(=O)N[C@@H](CCC(=O)O)C(=O)N[C@@H]1C(=O)N[C@@H](CCCCN)C(=O)N[C@H]2CC[C@@H](O)N(C2=O)[C@@H](Cc2ccccc2)C(=O)N(C)[C@@H](Cc2c[nH]c3ccccc23)C(=O)N[C@@H](C(C)C)C(=O)O[C@@H]1C. The lowest BCUT2D eigenvalue weighted by atomic mass is 9.95. The first kappa shape index (κ1) is 57.0. The number of aliphatic carboxylic acids is 1. The number of hydrogen-bond donors (Lipinski definition) is 9. The lowest BCUT2D eigenvalue weighted by Crippen LogP contribution is -2.65. The van der Waals surface area contributed by atoms with E-state index < -0.39 is 120 Å². The van der Waals surface area contributed by atoms with Crippen molar-refractivity contribution in [1.82, 2.24) is 41.4 Å². The van der Waals surface area contributed by atoms with Crippen LogP contribution < -0.4 is 32.3 Å². The number of hydrogen-bond acceptors (Lipinski definition) is 12. The number of aliphatic hydroxyl groups is 1. The number of para-hydroxylation sites is 1. The van der Waals surface area contributed by atoms with E-state index in [0.29, 0.717) is 30.4 Å². The van der Waals surface area contributed by atoms with Crippen LogP contribution >= 0.6 is 0 Å². The molecular formula is C52H73N9O12. The number of carboxylic acids is 1. The molecule has 398 valence electrons. The molecule has 2 saturated heterocycles. The Morgan fingerprint density at radius 1 is 0.836 bits per heavy atom. The molecule has 2 aliphatic heterocycles. The first-order valence-electron chi connectivity index (χ1n) is 25.3. The van der Waals surface area contributed by atoms with Gasteiger partial charge in [-0.25, -0.2) is 4.79 Å². The number of amides is 7. The van der Waals surface area contributed by atoms with Crippen molar-refractivity contribution in [3.8, 4) is 0 Å². The third-order valence-electron chi connectivity index (χ3n) is 13.5. The van der Waals surface area contributed by atoms with Gasteiger partial charge >= 0.3 is 11.9 Å². The molecule has 10 N–H and O–H groups in total. The molecule has 21 nitrogen and oxygen atoms in total. The number of benzene rings is 2. The van der Waals surface area contributed by atoms with E-state index >= 15 is 4.79 Å². The highest BCUT2D eigenvalue weighted by Crippen LogP contribution is 2.27. The van der Waals surface area contributed by atoms with Crippen molar-refractivity contribution in [2.24, 2.45) is 11.7 Å². The van der Waals surface area contributed by atoms with Crippen molar-refractivity contribution in [3.63, 3.8) is 0 Å². The summed E-state index contributed by atoms with van der Waals surface area (Å²) in [6, 6.07) is 6.06. The maximum Gasteiger partial charge on any atom is 0.329 e. The van der Waals surface area contributed by atoms with Crippen LogP contribution in [0.2, 0.25) is 0 Å². The summed E-state index contributed by atoms with van der Waals surface area (Å²) in [5.74, 6) is -8.58. The van der Waals surface area contributed by atoms with Crippen LogP contribution in [0.5, 0.6) is 0 Å². The van der Waals surface area contributed by atoms with Gasteiger partial charge in [-0.05, 0) is 81.5 Å². The summed E-state index contributed by atoms with van der Waals surface area (Å²) in [6.07, 6.45) is 0.312. The number of rotatable bonds is 19. The van der Waals surface area contributed by atoms with Crippen LogP contribution in [0, 0.1) is 5.92 Å². The molecule has 0 unspecified atom stereocenters. The molecule has 2 aromatic carbocycles. The van der Waals surface area contributed by atoms with Gasteiger partial charge in [0.15, 0.2) is 0 Å². The molecule has 0 aliphatic carbocycles. The normalized spacial score (nSPS) is 24.1. The molecule has 2 fully saturated rings. The fourth-order valence-corrected chi connectivity index (χ4v) is 9.20. The van der Waals surface area contributed by atoms with Crippen LogP contribution in [-0.4, -0.2) is 147 Å². The minimum absolute atomic E-state index is 0.00883. The van der Waals surface area contributed by atoms with Crippen molar-refractivity contribution in [2.75, 3.05) is 13.6 Å². The van der Waals surface area contributed by atoms with E-state index in [9.17, 15) is 48.6 Å². The van der Waals surface area contributed by atoms with E-state index in [1.165, 1.54) is 18.9 Å². The largest absolute Gasteiger partial charge is 0.481 e. The molecule has 0 spiro atoms. The zero-order valence-corrected chi connectivity index (χ0v) is 42.4. The summed E-state index contributed by atoms with van der Waals surface area (Å²) in [5.41, 5.74) is 7.82. The number of H-pyrrole nitrogens is 1. The second-order valence-corrected chi connectivity index (χ2v) is 19.3. The van der Waals surface area contributed by atoms with E-state index in [4.69, 9.17) is 10.5 Å². The summed E-state index contributed by atoms with van der Waals surface area (Å²) in [7, 11) is 1.40. The molecule has 5 rings (SSSR count). The highest BCUT2D eigenvalue weighted by atomic mass is 16.5. The number of esters is 1. The number of carbonyl (C=O) groups is 9. The van der Waals surface area contributed by atoms with Gasteiger partial charge in [-0.2, -0.15) is 0 Å². The monoisotopic (exact) mass is 1020 g/mol. The quantitative estimate of drug-likeness (QED) is 0.0611. The van der Waals surface area contributed by atoms with E-state index in [1.807, 2.05) is 31.2 Å². The molecular weight excluding hydrogens is 943 g/mol. The molecule has 21 heteroatoms. The van der Waals surface area contributed by atoms with Gasteiger partial charge in [0.2, 0.25) is 41.4 Å². The molecule has 0 saturated carbocycles. The summed E-state index contributed by atoms with van der Waals surface area (Å²) >= 11 is 0. The minimum Gasteiger partial charge on any atom is -0.481 e. The molecule has 3 heterocycles. The number of carbonyl (C=O) groups excluding carboxylic acids is 8. The summed E-state index contributed by atoms with van der Waals surface area (Å²) < 4.78 is 5.93. The zero-order chi connectivity index (χ0) is 53.4. The fraction of sp³-hybridized carbons (Fsp3) is 0.558. The van der Waals surface area contributed by atoms with Crippen molar-refractivity contribution >= 4 is 64.2 Å². The number of aromatic amines is 1. The average Bonchev–Trinajstić information content (AvgIpc) is 3.77. The number of nitrogens with two attached hydrogens (primary N) is 1. The lowest BCUT2D eigenvalue weighted by Gasteiger charge is -2.43. The van der Waals surface area contributed by atoms with Crippen LogP contribution in [0.1, 0.15) is 109 Å². The third kappa shape index (κ3) is 15.6. The second-order valence-electron chi connectivity index (χ2n) is 19.3. The van der Waals surface area contributed by atoms with Gasteiger partial charge in [-0.1, -0.05) is 82.1 Å². The molecule has 7 amide bonds. The molecule has 1 aromatic heterocycles. The predicted octanol–water partition coefficient (Wildman–Crippen LogP) is 1.69. The zero-order valence-electron chi connectivity index (χ0n) is 42.4.